The predicted molar refractivity (Wildman–Crippen MR) is 89.1 cm³/mol. The molecule has 0 radical (unpaired) electrons. The van der Waals surface area contributed by atoms with Crippen LogP contribution in [0.25, 0.3) is 10.8 Å². The molecule has 3 aromatic carbocycles. The first kappa shape index (κ1) is 13.6. The van der Waals surface area contributed by atoms with E-state index in [1.165, 1.54) is 10.8 Å². The first-order valence-electron chi connectivity index (χ1n) is 6.35. The molecule has 1 atom stereocenters. The van der Waals surface area contributed by atoms with Crippen LogP contribution in [0.1, 0.15) is 17.2 Å². The molecule has 0 amide bonds. The molecule has 0 aliphatic carbocycles. The standard InChI is InChI=1S/C17H13BrClN/c18-12-8-9-16(19)15(10-12)17(20)14-7-3-5-11-4-1-2-6-13(11)14/h1-10,17H,20H2. The van der Waals surface area contributed by atoms with Crippen molar-refractivity contribution in [3.05, 3.63) is 81.3 Å². The van der Waals surface area contributed by atoms with Crippen molar-refractivity contribution in [3.8, 4) is 0 Å². The highest BCUT2D eigenvalue weighted by atomic mass is 79.9. The third kappa shape index (κ3) is 2.47. The predicted octanol–water partition coefficient (Wildman–Crippen LogP) is 5.30. The molecule has 0 heterocycles. The second-order valence-corrected chi connectivity index (χ2v) is 6.03. The zero-order chi connectivity index (χ0) is 14.1. The Balaban J connectivity index is 2.17. The minimum atomic E-state index is -0.244. The summed E-state index contributed by atoms with van der Waals surface area (Å²) in [6, 6.07) is 19.9. The highest BCUT2D eigenvalue weighted by Gasteiger charge is 2.15. The first-order chi connectivity index (χ1) is 9.66. The van der Waals surface area contributed by atoms with E-state index in [9.17, 15) is 0 Å². The summed E-state index contributed by atoms with van der Waals surface area (Å²) in [6.45, 7) is 0. The van der Waals surface area contributed by atoms with Crippen LogP contribution in [0.2, 0.25) is 5.02 Å². The van der Waals surface area contributed by atoms with Gasteiger partial charge in [0.25, 0.3) is 0 Å². The van der Waals surface area contributed by atoms with Gasteiger partial charge in [-0.05, 0) is 40.1 Å². The topological polar surface area (TPSA) is 26.0 Å². The molecule has 3 rings (SSSR count). The number of rotatable bonds is 2. The Labute approximate surface area is 131 Å². The van der Waals surface area contributed by atoms with E-state index in [1.54, 1.807) is 0 Å². The lowest BCUT2D eigenvalue weighted by molar-refractivity contribution is 0.880. The summed E-state index contributed by atoms with van der Waals surface area (Å²) in [4.78, 5) is 0. The summed E-state index contributed by atoms with van der Waals surface area (Å²) in [5.74, 6) is 0. The fourth-order valence-electron chi connectivity index (χ4n) is 2.44. The highest BCUT2D eigenvalue weighted by Crippen LogP contribution is 2.32. The number of halogens is 2. The van der Waals surface area contributed by atoms with Gasteiger partial charge in [0.05, 0.1) is 6.04 Å². The van der Waals surface area contributed by atoms with Crippen molar-refractivity contribution in [2.75, 3.05) is 0 Å². The molecule has 20 heavy (non-hydrogen) atoms. The minimum absolute atomic E-state index is 0.244. The fraction of sp³-hybridized carbons (Fsp3) is 0.0588. The van der Waals surface area contributed by atoms with E-state index < -0.39 is 0 Å². The average molecular weight is 347 g/mol. The molecule has 1 unspecified atom stereocenters. The number of nitrogens with two attached hydrogens (primary N) is 1. The van der Waals surface area contributed by atoms with Crippen molar-refractivity contribution in [3.63, 3.8) is 0 Å². The molecular weight excluding hydrogens is 334 g/mol. The van der Waals surface area contributed by atoms with E-state index in [1.807, 2.05) is 36.4 Å². The SMILES string of the molecule is NC(c1cc(Br)ccc1Cl)c1cccc2ccccc12. The van der Waals surface area contributed by atoms with Gasteiger partial charge in [0.15, 0.2) is 0 Å². The summed E-state index contributed by atoms with van der Waals surface area (Å²) in [6.07, 6.45) is 0. The molecule has 0 aromatic heterocycles. The quantitative estimate of drug-likeness (QED) is 0.669. The molecule has 0 bridgehead atoms. The van der Waals surface area contributed by atoms with Crippen LogP contribution in [-0.2, 0) is 0 Å². The Hall–Kier alpha value is -1.35. The summed E-state index contributed by atoms with van der Waals surface area (Å²) in [7, 11) is 0. The molecule has 2 N–H and O–H groups in total. The van der Waals surface area contributed by atoms with Crippen molar-refractivity contribution in [1.29, 1.82) is 0 Å². The first-order valence-corrected chi connectivity index (χ1v) is 7.52. The lowest BCUT2D eigenvalue weighted by Gasteiger charge is -2.17. The third-order valence-corrected chi connectivity index (χ3v) is 4.29. The van der Waals surface area contributed by atoms with E-state index in [4.69, 9.17) is 17.3 Å². The number of benzene rings is 3. The van der Waals surface area contributed by atoms with Crippen molar-refractivity contribution in [2.45, 2.75) is 6.04 Å². The van der Waals surface area contributed by atoms with Gasteiger partial charge in [0.1, 0.15) is 0 Å². The number of fused-ring (bicyclic) bond motifs is 1. The molecule has 3 heteroatoms. The van der Waals surface area contributed by atoms with Gasteiger partial charge in [-0.1, -0.05) is 70.0 Å². The molecule has 1 nitrogen and oxygen atoms in total. The monoisotopic (exact) mass is 345 g/mol. The van der Waals surface area contributed by atoms with Gasteiger partial charge in [0.2, 0.25) is 0 Å². The largest absolute Gasteiger partial charge is 0.320 e. The van der Waals surface area contributed by atoms with E-state index >= 15 is 0 Å². The van der Waals surface area contributed by atoms with E-state index in [-0.39, 0.29) is 6.04 Å². The molecule has 3 aromatic rings. The van der Waals surface area contributed by atoms with Crippen LogP contribution in [-0.4, -0.2) is 0 Å². The second-order valence-electron chi connectivity index (χ2n) is 4.71. The minimum Gasteiger partial charge on any atom is -0.320 e. The lowest BCUT2D eigenvalue weighted by Crippen LogP contribution is -2.12. The normalized spacial score (nSPS) is 12.6. The Morgan fingerprint density at radius 1 is 0.900 bits per heavy atom. The third-order valence-electron chi connectivity index (χ3n) is 3.45. The maximum absolute atomic E-state index is 6.45. The van der Waals surface area contributed by atoms with Crippen LogP contribution < -0.4 is 5.73 Å². The van der Waals surface area contributed by atoms with Crippen LogP contribution in [0.5, 0.6) is 0 Å². The van der Waals surface area contributed by atoms with Gasteiger partial charge in [-0.25, -0.2) is 0 Å². The Bertz CT molecular complexity index is 765. The summed E-state index contributed by atoms with van der Waals surface area (Å²) >= 11 is 9.76. The maximum Gasteiger partial charge on any atom is 0.0572 e. The van der Waals surface area contributed by atoms with Crippen LogP contribution in [0, 0.1) is 0 Å². The van der Waals surface area contributed by atoms with E-state index in [0.29, 0.717) is 5.02 Å². The Kier molecular flexibility index (Phi) is 3.79. The highest BCUT2D eigenvalue weighted by molar-refractivity contribution is 9.10. The van der Waals surface area contributed by atoms with E-state index in [2.05, 4.69) is 40.2 Å². The summed E-state index contributed by atoms with van der Waals surface area (Å²) in [5.41, 5.74) is 8.46. The van der Waals surface area contributed by atoms with Crippen LogP contribution >= 0.6 is 27.5 Å². The molecule has 0 saturated carbocycles. The van der Waals surface area contributed by atoms with Gasteiger partial charge < -0.3 is 5.73 Å². The van der Waals surface area contributed by atoms with Gasteiger partial charge in [-0.15, -0.1) is 0 Å². The van der Waals surface area contributed by atoms with Crippen molar-refractivity contribution < 1.29 is 0 Å². The van der Waals surface area contributed by atoms with Crippen molar-refractivity contribution in [1.82, 2.24) is 0 Å². The molecule has 0 saturated heterocycles. The van der Waals surface area contributed by atoms with Gasteiger partial charge in [-0.3, -0.25) is 0 Å². The maximum atomic E-state index is 6.45. The molecule has 100 valence electrons. The molecule has 0 aliphatic heterocycles. The molecule has 0 aliphatic rings. The second kappa shape index (κ2) is 5.57. The summed E-state index contributed by atoms with van der Waals surface area (Å²) < 4.78 is 0.979. The van der Waals surface area contributed by atoms with Gasteiger partial charge >= 0.3 is 0 Å². The van der Waals surface area contributed by atoms with Gasteiger partial charge in [-0.2, -0.15) is 0 Å². The van der Waals surface area contributed by atoms with E-state index in [0.717, 1.165) is 15.6 Å². The Morgan fingerprint density at radius 2 is 1.65 bits per heavy atom. The molecule has 0 spiro atoms. The van der Waals surface area contributed by atoms with Crippen molar-refractivity contribution in [2.24, 2.45) is 5.73 Å². The summed E-state index contributed by atoms with van der Waals surface area (Å²) in [5, 5.41) is 3.04. The molecular formula is C17H13BrClN. The molecule has 0 fully saturated rings. The Morgan fingerprint density at radius 3 is 2.50 bits per heavy atom. The number of hydrogen-bond donors (Lipinski definition) is 1. The smallest absolute Gasteiger partial charge is 0.0572 e. The fourth-order valence-corrected chi connectivity index (χ4v) is 3.06. The zero-order valence-electron chi connectivity index (χ0n) is 10.7. The number of hydrogen-bond acceptors (Lipinski definition) is 1. The van der Waals surface area contributed by atoms with Gasteiger partial charge in [0, 0.05) is 9.50 Å². The van der Waals surface area contributed by atoms with Crippen LogP contribution in [0.4, 0.5) is 0 Å². The van der Waals surface area contributed by atoms with Crippen LogP contribution in [0.3, 0.4) is 0 Å². The van der Waals surface area contributed by atoms with Crippen molar-refractivity contribution >= 4 is 38.3 Å². The average Bonchev–Trinajstić information content (AvgIpc) is 2.48. The lowest BCUT2D eigenvalue weighted by atomic mass is 9.94. The zero-order valence-corrected chi connectivity index (χ0v) is 13.0. The van der Waals surface area contributed by atoms with Crippen LogP contribution in [0.15, 0.2) is 65.1 Å².